The summed E-state index contributed by atoms with van der Waals surface area (Å²) in [5, 5.41) is 13.7. The maximum atomic E-state index is 11.6. The normalized spacial score (nSPS) is 12.1. The smallest absolute Gasteiger partial charge is 0.411 e. The average molecular weight is 663 g/mol. The van der Waals surface area contributed by atoms with Crippen LogP contribution in [0.25, 0.3) is 0 Å². The van der Waals surface area contributed by atoms with E-state index in [4.69, 9.17) is 4.74 Å². The molecule has 1 N–H and O–H groups in total. The number of sulfonamides is 1. The number of benzene rings is 1. The number of hydrogen-bond acceptors (Lipinski definition) is 5. The predicted molar refractivity (Wildman–Crippen MR) is 106 cm³/mol. The van der Waals surface area contributed by atoms with E-state index in [0.29, 0.717) is 5.69 Å². The highest BCUT2D eigenvalue weighted by molar-refractivity contribution is 14.1. The standard InChI is InChI=1S/C11H11I3N2O5S/c1-22(19,20)16-9(17)2-3-21-11(18)15-6-4-7(12)10(14)8(13)5-6/h4-5H,2-3H2,1H3,(H,15,18)(H,16,17)/p-1. The Morgan fingerprint density at radius 2 is 1.86 bits per heavy atom. The summed E-state index contributed by atoms with van der Waals surface area (Å²) < 4.78 is 32.3. The van der Waals surface area contributed by atoms with E-state index in [2.05, 4.69) is 77.5 Å². The van der Waals surface area contributed by atoms with Crippen LogP contribution in [-0.4, -0.2) is 33.3 Å². The summed E-state index contributed by atoms with van der Waals surface area (Å²) in [6.07, 6.45) is -0.194. The molecule has 7 nitrogen and oxygen atoms in total. The zero-order valence-electron chi connectivity index (χ0n) is 11.1. The maximum absolute atomic E-state index is 11.6. The van der Waals surface area contributed by atoms with Gasteiger partial charge in [-0.3, -0.25) is 5.32 Å². The lowest BCUT2D eigenvalue weighted by atomic mass is 10.3. The number of rotatable bonds is 5. The van der Waals surface area contributed by atoms with Gasteiger partial charge in [0.15, 0.2) is 0 Å². The fourth-order valence-corrected chi connectivity index (χ4v) is 3.78. The molecule has 11 heteroatoms. The Morgan fingerprint density at radius 3 is 2.36 bits per heavy atom. The number of amides is 1. The minimum atomic E-state index is -3.72. The van der Waals surface area contributed by atoms with E-state index in [-0.39, 0.29) is 13.0 Å². The van der Waals surface area contributed by atoms with Crippen LogP contribution >= 0.6 is 67.8 Å². The van der Waals surface area contributed by atoms with Crippen molar-refractivity contribution in [3.63, 3.8) is 0 Å². The van der Waals surface area contributed by atoms with Crippen LogP contribution in [0.5, 0.6) is 0 Å². The molecule has 1 aromatic rings. The van der Waals surface area contributed by atoms with Crippen molar-refractivity contribution in [3.8, 4) is 0 Å². The summed E-state index contributed by atoms with van der Waals surface area (Å²) in [5.74, 6) is -0.853. The summed E-state index contributed by atoms with van der Waals surface area (Å²) in [5.41, 5.74) is 0.575. The number of carbonyl (C=O) groups is 1. The number of carbonyl (C=O) groups excluding carboxylic acids is 1. The Morgan fingerprint density at radius 1 is 1.32 bits per heavy atom. The third-order valence-corrected chi connectivity index (χ3v) is 7.51. The summed E-state index contributed by atoms with van der Waals surface area (Å²) >= 11 is 6.51. The summed E-state index contributed by atoms with van der Waals surface area (Å²) in [6, 6.07) is 3.58. The van der Waals surface area contributed by atoms with Crippen LogP contribution in [0.2, 0.25) is 0 Å². The van der Waals surface area contributed by atoms with E-state index in [1.54, 1.807) is 12.1 Å². The van der Waals surface area contributed by atoms with Crippen molar-refractivity contribution in [2.75, 3.05) is 18.2 Å². The largest absolute Gasteiger partial charge is 0.861 e. The molecule has 1 aromatic carbocycles. The zero-order chi connectivity index (χ0) is 16.9. The third-order valence-electron chi connectivity index (χ3n) is 2.05. The van der Waals surface area contributed by atoms with Crippen LogP contribution in [0.3, 0.4) is 0 Å². The van der Waals surface area contributed by atoms with E-state index in [0.717, 1.165) is 17.0 Å². The first-order chi connectivity index (χ1) is 10.1. The average Bonchev–Trinajstić information content (AvgIpc) is 2.33. The molecule has 1 rings (SSSR count). The molecule has 0 heterocycles. The van der Waals surface area contributed by atoms with Crippen molar-refractivity contribution in [2.24, 2.45) is 4.40 Å². The highest BCUT2D eigenvalue weighted by atomic mass is 127. The Bertz CT molecular complexity index is 683. The molecule has 0 saturated heterocycles. The number of hydrogen-bond donors (Lipinski definition) is 1. The van der Waals surface area contributed by atoms with Gasteiger partial charge in [-0.2, -0.15) is 4.40 Å². The van der Waals surface area contributed by atoms with Gasteiger partial charge in [0.25, 0.3) is 0 Å². The highest BCUT2D eigenvalue weighted by Gasteiger charge is 2.08. The van der Waals surface area contributed by atoms with Crippen LogP contribution in [0.4, 0.5) is 10.5 Å². The van der Waals surface area contributed by atoms with Gasteiger partial charge in [0.1, 0.15) is 0 Å². The molecule has 0 radical (unpaired) electrons. The lowest BCUT2D eigenvalue weighted by molar-refractivity contribution is -0.218. The van der Waals surface area contributed by atoms with Crippen LogP contribution in [0.15, 0.2) is 16.5 Å². The van der Waals surface area contributed by atoms with Crippen molar-refractivity contribution in [2.45, 2.75) is 6.42 Å². The Hall–Kier alpha value is 0.100. The Kier molecular flexibility index (Phi) is 8.07. The predicted octanol–water partition coefficient (Wildman–Crippen LogP) is 2.16. The number of nitrogens with zero attached hydrogens (tertiary/aromatic N) is 1. The Labute approximate surface area is 168 Å². The zero-order valence-corrected chi connectivity index (χ0v) is 18.4. The summed E-state index contributed by atoms with van der Waals surface area (Å²) in [4.78, 5) is 11.6. The fraction of sp³-hybridized carbons (Fsp3) is 0.273. The molecule has 122 valence electrons. The number of anilines is 1. The van der Waals surface area contributed by atoms with E-state index in [9.17, 15) is 18.3 Å². The molecule has 22 heavy (non-hydrogen) atoms. The fourth-order valence-electron chi connectivity index (χ4n) is 1.24. The Balaban J connectivity index is 2.53. The number of ether oxygens (including phenoxy) is 1. The van der Waals surface area contributed by atoms with Gasteiger partial charge in [-0.15, -0.1) is 0 Å². The van der Waals surface area contributed by atoms with Crippen LogP contribution in [0.1, 0.15) is 6.42 Å². The lowest BCUT2D eigenvalue weighted by Gasteiger charge is -2.11. The second kappa shape index (κ2) is 8.81. The molecule has 0 atom stereocenters. The molecule has 0 aliphatic rings. The van der Waals surface area contributed by atoms with E-state index in [1.165, 1.54) is 0 Å². The first-order valence-electron chi connectivity index (χ1n) is 5.62. The molecular weight excluding hydrogens is 653 g/mol. The SMILES string of the molecule is CS(=O)(=O)/N=C(/[O-])CCOC(=O)Nc1cc(I)c(I)c(I)c1. The van der Waals surface area contributed by atoms with Gasteiger partial charge in [0, 0.05) is 22.8 Å². The molecule has 0 aliphatic heterocycles. The quantitative estimate of drug-likeness (QED) is 0.225. The van der Waals surface area contributed by atoms with Gasteiger partial charge >= 0.3 is 6.09 Å². The molecule has 0 spiro atoms. The van der Waals surface area contributed by atoms with Crippen LogP contribution < -0.4 is 10.4 Å². The molecule has 1 amide bonds. The van der Waals surface area contributed by atoms with E-state index >= 15 is 0 Å². The second-order valence-corrected chi connectivity index (χ2v) is 9.03. The van der Waals surface area contributed by atoms with Crippen molar-refractivity contribution in [1.82, 2.24) is 0 Å². The van der Waals surface area contributed by atoms with Crippen molar-refractivity contribution < 1.29 is 23.1 Å². The molecule has 0 aliphatic carbocycles. The van der Waals surface area contributed by atoms with Crippen molar-refractivity contribution in [1.29, 1.82) is 0 Å². The van der Waals surface area contributed by atoms with Gasteiger partial charge in [0.05, 0.1) is 12.9 Å². The van der Waals surface area contributed by atoms with Gasteiger partial charge in [0.2, 0.25) is 10.0 Å². The molecular formula is C11H10I3N2O5S-. The third kappa shape index (κ3) is 7.58. The van der Waals surface area contributed by atoms with Gasteiger partial charge in [-0.1, -0.05) is 0 Å². The first-order valence-corrected chi connectivity index (χ1v) is 10.7. The van der Waals surface area contributed by atoms with Crippen molar-refractivity contribution >= 4 is 95.5 Å². The summed E-state index contributed by atoms with van der Waals surface area (Å²) in [6.45, 7) is -0.248. The van der Waals surface area contributed by atoms with E-state index < -0.39 is 22.0 Å². The molecule has 0 unspecified atom stereocenters. The van der Waals surface area contributed by atoms with Crippen molar-refractivity contribution in [3.05, 3.63) is 22.8 Å². The van der Waals surface area contributed by atoms with Gasteiger partial charge < -0.3 is 9.84 Å². The highest BCUT2D eigenvalue weighted by Crippen LogP contribution is 2.25. The topological polar surface area (TPSA) is 108 Å². The minimum absolute atomic E-state index is 0.248. The second-order valence-electron chi connectivity index (χ2n) is 3.98. The molecule has 0 fully saturated rings. The van der Waals surface area contributed by atoms with Gasteiger partial charge in [-0.05, 0) is 85.8 Å². The first kappa shape index (κ1) is 20.1. The van der Waals surface area contributed by atoms with Crippen LogP contribution in [-0.2, 0) is 14.8 Å². The lowest BCUT2D eigenvalue weighted by Crippen LogP contribution is -2.23. The number of nitrogens with one attached hydrogen (secondary N) is 1. The molecule has 0 saturated carbocycles. The number of halogens is 3. The monoisotopic (exact) mass is 663 g/mol. The molecule has 0 aromatic heterocycles. The summed E-state index contributed by atoms with van der Waals surface area (Å²) in [7, 11) is -3.72. The van der Waals surface area contributed by atoms with E-state index in [1.807, 2.05) is 0 Å². The minimum Gasteiger partial charge on any atom is -0.861 e. The molecule has 0 bridgehead atoms. The van der Waals surface area contributed by atoms with Crippen LogP contribution in [0, 0.1) is 10.7 Å². The van der Waals surface area contributed by atoms with Gasteiger partial charge in [-0.25, -0.2) is 13.2 Å². The maximum Gasteiger partial charge on any atom is 0.411 e.